The molecule has 0 spiro atoms. The molecule has 3 aromatic carbocycles. The van der Waals surface area contributed by atoms with E-state index in [1.807, 2.05) is 60.7 Å². The smallest absolute Gasteiger partial charge is 0.339 e. The van der Waals surface area contributed by atoms with Gasteiger partial charge in [0.1, 0.15) is 19.0 Å². The number of carbonyl (C=O) groups is 4. The molecular formula is C35H34N6O6. The van der Waals surface area contributed by atoms with Gasteiger partial charge in [0.25, 0.3) is 5.91 Å². The highest BCUT2D eigenvalue weighted by molar-refractivity contribution is 6.04. The molecule has 1 aliphatic carbocycles. The van der Waals surface area contributed by atoms with Crippen molar-refractivity contribution < 1.29 is 28.7 Å². The zero-order valence-electron chi connectivity index (χ0n) is 25.5. The molecule has 0 aliphatic heterocycles. The van der Waals surface area contributed by atoms with Gasteiger partial charge in [0.2, 0.25) is 5.91 Å². The molecule has 12 nitrogen and oxygen atoms in total. The Bertz CT molecular complexity index is 1770. The number of benzene rings is 3. The maximum absolute atomic E-state index is 13.4. The molecule has 1 aromatic heterocycles. The minimum atomic E-state index is -0.816. The predicted molar refractivity (Wildman–Crippen MR) is 175 cm³/mol. The number of rotatable bonds is 13. The van der Waals surface area contributed by atoms with Crippen LogP contribution in [0.5, 0.6) is 0 Å². The number of nitrogens with one attached hydrogen (secondary N) is 3. The van der Waals surface area contributed by atoms with Gasteiger partial charge in [0.05, 0.1) is 17.3 Å². The first-order valence-electron chi connectivity index (χ1n) is 15.0. The van der Waals surface area contributed by atoms with Gasteiger partial charge in [-0.05, 0) is 54.7 Å². The quantitative estimate of drug-likeness (QED) is 0.120. The van der Waals surface area contributed by atoms with Crippen LogP contribution in [0.4, 0.5) is 17.3 Å². The Morgan fingerprint density at radius 3 is 2.09 bits per heavy atom. The molecule has 2 amide bonds. The third-order valence-electron chi connectivity index (χ3n) is 7.47. The summed E-state index contributed by atoms with van der Waals surface area (Å²) in [5.41, 5.74) is 7.29. The number of aromatic nitrogens is 2. The minimum absolute atomic E-state index is 0.000465. The topological polar surface area (TPSA) is 175 Å². The van der Waals surface area contributed by atoms with E-state index in [2.05, 4.69) is 32.5 Å². The lowest BCUT2D eigenvalue weighted by Gasteiger charge is -2.17. The maximum Gasteiger partial charge on any atom is 0.339 e. The number of nitrogens with two attached hydrogens (primary N) is 1. The zero-order valence-corrected chi connectivity index (χ0v) is 25.5. The van der Waals surface area contributed by atoms with Gasteiger partial charge in [-0.25, -0.2) is 19.6 Å². The highest BCUT2D eigenvalue weighted by Gasteiger charge is 2.26. The number of hydrogen-bond donors (Lipinski definition) is 4. The first-order valence-corrected chi connectivity index (χ1v) is 15.0. The fraction of sp³-hybridized carbons (Fsp3) is 0.200. The van der Waals surface area contributed by atoms with Crippen LogP contribution in [0, 0.1) is 0 Å². The number of carbonyl (C=O) groups excluding carboxylic acids is 4. The summed E-state index contributed by atoms with van der Waals surface area (Å²) in [7, 11) is 0. The van der Waals surface area contributed by atoms with Crippen LogP contribution in [0.2, 0.25) is 0 Å². The van der Waals surface area contributed by atoms with Crippen molar-refractivity contribution in [3.8, 4) is 0 Å². The number of nitrogens with zero attached hydrogens (tertiary/aromatic N) is 2. The summed E-state index contributed by atoms with van der Waals surface area (Å²) < 4.78 is 11.1. The number of esters is 2. The van der Waals surface area contributed by atoms with Crippen LogP contribution in [0.3, 0.4) is 0 Å². The van der Waals surface area contributed by atoms with Gasteiger partial charge in [-0.3, -0.25) is 9.59 Å². The van der Waals surface area contributed by atoms with Gasteiger partial charge in [0.15, 0.2) is 11.5 Å². The molecule has 1 fully saturated rings. The molecule has 0 saturated heterocycles. The van der Waals surface area contributed by atoms with Crippen LogP contribution in [-0.4, -0.2) is 45.8 Å². The molecule has 47 heavy (non-hydrogen) atoms. The number of ether oxygens (including phenoxy) is 2. The van der Waals surface area contributed by atoms with Crippen molar-refractivity contribution in [2.75, 3.05) is 10.6 Å². The van der Waals surface area contributed by atoms with E-state index in [1.54, 1.807) is 6.07 Å². The van der Waals surface area contributed by atoms with E-state index in [0.29, 0.717) is 17.9 Å². The molecule has 4 aromatic rings. The Morgan fingerprint density at radius 2 is 1.47 bits per heavy atom. The molecular weight excluding hydrogens is 600 g/mol. The van der Waals surface area contributed by atoms with Crippen molar-refractivity contribution in [3.05, 3.63) is 126 Å². The molecule has 1 heterocycles. The maximum atomic E-state index is 13.4. The zero-order chi connectivity index (χ0) is 33.2. The lowest BCUT2D eigenvalue weighted by Crippen LogP contribution is -2.32. The van der Waals surface area contributed by atoms with Gasteiger partial charge < -0.3 is 31.2 Å². The average molecular weight is 635 g/mol. The van der Waals surface area contributed by atoms with E-state index in [0.717, 1.165) is 24.0 Å². The largest absolute Gasteiger partial charge is 0.457 e. The molecule has 0 radical (unpaired) electrons. The first-order chi connectivity index (χ1) is 22.8. The van der Waals surface area contributed by atoms with E-state index >= 15 is 0 Å². The summed E-state index contributed by atoms with van der Waals surface area (Å²) >= 11 is 0. The van der Waals surface area contributed by atoms with Crippen molar-refractivity contribution in [1.82, 2.24) is 15.3 Å². The van der Waals surface area contributed by atoms with Crippen molar-refractivity contribution in [1.29, 1.82) is 0 Å². The van der Waals surface area contributed by atoms with E-state index < -0.39 is 17.8 Å². The van der Waals surface area contributed by atoms with Crippen LogP contribution in [0.15, 0.2) is 97.7 Å². The highest BCUT2D eigenvalue weighted by Crippen LogP contribution is 2.26. The number of amides is 2. The highest BCUT2D eigenvalue weighted by atomic mass is 16.5. The molecule has 12 heteroatoms. The third-order valence-corrected chi connectivity index (χ3v) is 7.47. The van der Waals surface area contributed by atoms with Crippen molar-refractivity contribution in [2.24, 2.45) is 5.73 Å². The Hall–Kier alpha value is -6.04. The molecule has 1 saturated carbocycles. The second-order valence-electron chi connectivity index (χ2n) is 10.9. The number of anilines is 3. The van der Waals surface area contributed by atoms with Crippen molar-refractivity contribution >= 4 is 41.1 Å². The fourth-order valence-corrected chi connectivity index (χ4v) is 5.15. The van der Waals surface area contributed by atoms with Crippen molar-refractivity contribution in [2.45, 2.75) is 44.6 Å². The SMILES string of the molecule is C=CC(=O)NC1CC[C@@H](Nc2cnc(C(N)=O)c(Nc3ccc(C(=O)OCc4ccccc4)c(C(=O)OCc4ccccc4)c3)n2)C1. The number of hydrogen-bond acceptors (Lipinski definition) is 10. The molecule has 240 valence electrons. The number of primary amides is 1. The molecule has 1 unspecified atom stereocenters. The van der Waals surface area contributed by atoms with E-state index in [4.69, 9.17) is 15.2 Å². The lowest BCUT2D eigenvalue weighted by molar-refractivity contribution is -0.117. The van der Waals surface area contributed by atoms with Gasteiger partial charge in [-0.2, -0.15) is 0 Å². The van der Waals surface area contributed by atoms with E-state index in [1.165, 1.54) is 24.4 Å². The Balaban J connectivity index is 1.37. The van der Waals surface area contributed by atoms with Crippen LogP contribution in [0.25, 0.3) is 0 Å². The summed E-state index contributed by atoms with van der Waals surface area (Å²) in [6, 6.07) is 22.7. The summed E-state index contributed by atoms with van der Waals surface area (Å²) in [6.07, 6.45) is 4.86. The monoisotopic (exact) mass is 634 g/mol. The Labute approximate surface area is 271 Å². The van der Waals surface area contributed by atoms with Gasteiger partial charge in [-0.1, -0.05) is 67.2 Å². The lowest BCUT2D eigenvalue weighted by atomic mass is 10.1. The van der Waals surface area contributed by atoms with Crippen LogP contribution >= 0.6 is 0 Å². The molecule has 5 rings (SSSR count). The summed E-state index contributed by atoms with van der Waals surface area (Å²) in [6.45, 7) is 3.48. The van der Waals surface area contributed by atoms with Crippen LogP contribution in [-0.2, 0) is 27.5 Å². The second kappa shape index (κ2) is 15.3. The molecule has 1 aliphatic rings. The van der Waals surface area contributed by atoms with Gasteiger partial charge in [-0.15, -0.1) is 0 Å². The van der Waals surface area contributed by atoms with Crippen LogP contribution < -0.4 is 21.7 Å². The van der Waals surface area contributed by atoms with Gasteiger partial charge >= 0.3 is 11.9 Å². The molecule has 5 N–H and O–H groups in total. The summed E-state index contributed by atoms with van der Waals surface area (Å²) in [4.78, 5) is 59.2. The molecule has 0 bridgehead atoms. The second-order valence-corrected chi connectivity index (χ2v) is 10.9. The summed E-state index contributed by atoms with van der Waals surface area (Å²) in [5.74, 6) is -2.09. The third kappa shape index (κ3) is 8.78. The Morgan fingerprint density at radius 1 is 0.851 bits per heavy atom. The fourth-order valence-electron chi connectivity index (χ4n) is 5.15. The van der Waals surface area contributed by atoms with Crippen molar-refractivity contribution in [3.63, 3.8) is 0 Å². The minimum Gasteiger partial charge on any atom is -0.457 e. The van der Waals surface area contributed by atoms with E-state index in [-0.39, 0.29) is 53.8 Å². The Kier molecular flexibility index (Phi) is 10.5. The first kappa shape index (κ1) is 32.4. The summed E-state index contributed by atoms with van der Waals surface area (Å²) in [5, 5.41) is 9.20. The van der Waals surface area contributed by atoms with E-state index in [9.17, 15) is 19.2 Å². The predicted octanol–water partition coefficient (Wildman–Crippen LogP) is 4.67. The molecule has 2 atom stereocenters. The average Bonchev–Trinajstić information content (AvgIpc) is 3.53. The standard InChI is InChI=1S/C35H34N6O6/c1-2-30(42)39-25-14-13-24(17-25)38-29-19-37-31(32(36)43)33(41-29)40-26-15-16-27(34(44)46-20-22-9-5-3-6-10-22)28(18-26)35(45)47-21-23-11-7-4-8-12-23/h2-12,15-16,18-19,24-25H,1,13-14,17,20-21H2,(H2,36,43)(H,39,42)(H2,38,40,41)/t24-,25?/m1/s1. The van der Waals surface area contributed by atoms with Crippen LogP contribution in [0.1, 0.15) is 61.6 Å². The normalized spacial score (nSPS) is 15.2. The van der Waals surface area contributed by atoms with Gasteiger partial charge in [0, 0.05) is 17.8 Å².